The average molecular weight is 445 g/mol. The Balaban J connectivity index is 1.36. The molecule has 1 saturated carbocycles. The summed E-state index contributed by atoms with van der Waals surface area (Å²) in [5.41, 5.74) is 2.08. The van der Waals surface area contributed by atoms with Crippen LogP contribution in [0.5, 0.6) is 5.75 Å². The van der Waals surface area contributed by atoms with Crippen molar-refractivity contribution in [2.45, 2.75) is 12.8 Å². The second-order valence-corrected chi connectivity index (χ2v) is 8.51. The Hall–Kier alpha value is -3.72. The maximum absolute atomic E-state index is 12.2. The fourth-order valence-electron chi connectivity index (χ4n) is 3.85. The van der Waals surface area contributed by atoms with Gasteiger partial charge in [-0.2, -0.15) is 0 Å². The molecule has 9 nitrogen and oxygen atoms in total. The van der Waals surface area contributed by atoms with Gasteiger partial charge in [0.1, 0.15) is 22.9 Å². The lowest BCUT2D eigenvalue weighted by molar-refractivity contribution is -0.117. The lowest BCUT2D eigenvalue weighted by Crippen LogP contribution is -2.32. The van der Waals surface area contributed by atoms with Gasteiger partial charge in [0.25, 0.3) is 0 Å². The van der Waals surface area contributed by atoms with E-state index in [1.165, 1.54) is 0 Å². The quantitative estimate of drug-likeness (QED) is 0.441. The Kier molecular flexibility index (Phi) is 4.83. The number of anilines is 2. The third-order valence-corrected chi connectivity index (χ3v) is 5.99. The van der Waals surface area contributed by atoms with Crippen LogP contribution in [0.1, 0.15) is 12.8 Å². The van der Waals surface area contributed by atoms with Crippen LogP contribution in [0.3, 0.4) is 0 Å². The summed E-state index contributed by atoms with van der Waals surface area (Å²) >= 11 is 0. The van der Waals surface area contributed by atoms with Gasteiger partial charge < -0.3 is 24.5 Å². The maximum Gasteiger partial charge on any atom is 0.229 e. The number of pyridine rings is 2. The molecule has 3 aromatic heterocycles. The lowest BCUT2D eigenvalue weighted by Gasteiger charge is -2.25. The SMILES string of the molecule is CNc1ncc(-c2nc3cc(OCC4COC4)ccc3o2)c2cc(NC(=O)C3CC3)ncc12. The summed E-state index contributed by atoms with van der Waals surface area (Å²) in [6.07, 6.45) is 5.29. The van der Waals surface area contributed by atoms with E-state index in [1.807, 2.05) is 24.3 Å². The monoisotopic (exact) mass is 445 g/mol. The molecule has 1 amide bonds. The van der Waals surface area contributed by atoms with Gasteiger partial charge in [-0.1, -0.05) is 0 Å². The molecule has 168 valence electrons. The van der Waals surface area contributed by atoms with Crippen molar-refractivity contribution >= 4 is 39.4 Å². The molecule has 4 aromatic rings. The number of ether oxygens (including phenoxy) is 2. The highest BCUT2D eigenvalue weighted by molar-refractivity contribution is 6.03. The van der Waals surface area contributed by atoms with Crippen LogP contribution < -0.4 is 15.4 Å². The van der Waals surface area contributed by atoms with Crippen molar-refractivity contribution in [3.8, 4) is 17.2 Å². The molecule has 0 atom stereocenters. The van der Waals surface area contributed by atoms with E-state index in [0.717, 1.165) is 48.1 Å². The van der Waals surface area contributed by atoms with Gasteiger partial charge in [-0.05, 0) is 31.0 Å². The summed E-state index contributed by atoms with van der Waals surface area (Å²) in [6, 6.07) is 7.46. The molecule has 2 aliphatic rings. The maximum atomic E-state index is 12.2. The highest BCUT2D eigenvalue weighted by Crippen LogP contribution is 2.35. The summed E-state index contributed by atoms with van der Waals surface area (Å²) in [4.78, 5) is 25.9. The van der Waals surface area contributed by atoms with Crippen LogP contribution in [0, 0.1) is 11.8 Å². The number of amides is 1. The standard InChI is InChI=1S/C24H23N5O4/c1-25-22-17-8-26-21(29-23(30)14-2-3-14)7-16(17)18(9-27-22)24-28-19-6-15(4-5-20(19)33-24)32-12-13-10-31-11-13/h4-9,13-14H,2-3,10-12H2,1H3,(H,25,27)(H,26,29,30). The molecule has 1 aliphatic carbocycles. The zero-order valence-electron chi connectivity index (χ0n) is 18.1. The van der Waals surface area contributed by atoms with Crippen LogP contribution in [-0.2, 0) is 9.53 Å². The largest absolute Gasteiger partial charge is 0.493 e. The van der Waals surface area contributed by atoms with Gasteiger partial charge in [0, 0.05) is 48.1 Å². The van der Waals surface area contributed by atoms with Gasteiger partial charge in [-0.25, -0.2) is 15.0 Å². The molecule has 2 fully saturated rings. The van der Waals surface area contributed by atoms with Gasteiger partial charge in [0.2, 0.25) is 11.8 Å². The zero-order valence-corrected chi connectivity index (χ0v) is 18.1. The first-order chi connectivity index (χ1) is 16.2. The van der Waals surface area contributed by atoms with Crippen molar-refractivity contribution < 1.29 is 18.7 Å². The van der Waals surface area contributed by atoms with Crippen molar-refractivity contribution in [3.63, 3.8) is 0 Å². The predicted molar refractivity (Wildman–Crippen MR) is 123 cm³/mol. The fraction of sp³-hybridized carbons (Fsp3) is 0.333. The summed E-state index contributed by atoms with van der Waals surface area (Å²) in [6.45, 7) is 2.12. The molecule has 1 saturated heterocycles. The Morgan fingerprint density at radius 2 is 2.03 bits per heavy atom. The minimum absolute atomic E-state index is 0.00847. The van der Waals surface area contributed by atoms with Crippen LogP contribution in [0.15, 0.2) is 41.1 Å². The molecule has 0 unspecified atom stereocenters. The van der Waals surface area contributed by atoms with E-state index in [9.17, 15) is 4.79 Å². The molecule has 6 rings (SSSR count). The smallest absolute Gasteiger partial charge is 0.229 e. The molecule has 33 heavy (non-hydrogen) atoms. The van der Waals surface area contributed by atoms with Gasteiger partial charge in [0.15, 0.2) is 5.58 Å². The molecule has 0 radical (unpaired) electrons. The Morgan fingerprint density at radius 3 is 2.79 bits per heavy atom. The number of nitrogens with one attached hydrogen (secondary N) is 2. The summed E-state index contributed by atoms with van der Waals surface area (Å²) < 4.78 is 17.1. The van der Waals surface area contributed by atoms with Crippen LogP contribution >= 0.6 is 0 Å². The van der Waals surface area contributed by atoms with Gasteiger partial charge >= 0.3 is 0 Å². The average Bonchev–Trinajstić information content (AvgIpc) is 3.56. The minimum Gasteiger partial charge on any atom is -0.493 e. The van der Waals surface area contributed by atoms with Crippen molar-refractivity contribution in [2.75, 3.05) is 37.5 Å². The van der Waals surface area contributed by atoms with Crippen LogP contribution in [-0.4, -0.2) is 47.7 Å². The van der Waals surface area contributed by atoms with Crippen LogP contribution in [0.4, 0.5) is 11.6 Å². The number of oxazole rings is 1. The first-order valence-electron chi connectivity index (χ1n) is 11.1. The van der Waals surface area contributed by atoms with Crippen LogP contribution in [0.2, 0.25) is 0 Å². The first-order valence-corrected chi connectivity index (χ1v) is 11.1. The van der Waals surface area contributed by atoms with Gasteiger partial charge in [-0.3, -0.25) is 4.79 Å². The number of nitrogens with zero attached hydrogens (tertiary/aromatic N) is 3. The number of rotatable bonds is 7. The van der Waals surface area contributed by atoms with Crippen LogP contribution in [0.25, 0.3) is 33.3 Å². The summed E-state index contributed by atoms with van der Waals surface area (Å²) in [7, 11) is 1.81. The normalized spacial score (nSPS) is 16.0. The van der Waals surface area contributed by atoms with E-state index in [-0.39, 0.29) is 11.8 Å². The lowest BCUT2D eigenvalue weighted by atomic mass is 10.1. The Bertz CT molecular complexity index is 1360. The van der Waals surface area contributed by atoms with Crippen molar-refractivity contribution in [1.29, 1.82) is 0 Å². The van der Waals surface area contributed by atoms with E-state index in [2.05, 4.69) is 20.6 Å². The highest BCUT2D eigenvalue weighted by atomic mass is 16.5. The first kappa shape index (κ1) is 19.9. The minimum atomic E-state index is 0.00847. The number of hydrogen-bond donors (Lipinski definition) is 2. The van der Waals surface area contributed by atoms with Crippen molar-refractivity contribution in [1.82, 2.24) is 15.0 Å². The second-order valence-electron chi connectivity index (χ2n) is 8.51. The van der Waals surface area contributed by atoms with E-state index in [4.69, 9.17) is 18.9 Å². The number of carbonyl (C=O) groups is 1. The second kappa shape index (κ2) is 8.00. The van der Waals surface area contributed by atoms with E-state index >= 15 is 0 Å². The summed E-state index contributed by atoms with van der Waals surface area (Å²) in [5, 5.41) is 7.65. The molecule has 4 heterocycles. The van der Waals surface area contributed by atoms with Crippen molar-refractivity contribution in [2.24, 2.45) is 11.8 Å². The molecule has 0 bridgehead atoms. The third kappa shape index (κ3) is 3.84. The fourth-order valence-corrected chi connectivity index (χ4v) is 3.85. The topological polar surface area (TPSA) is 111 Å². The molecular weight excluding hydrogens is 422 g/mol. The molecule has 1 aromatic carbocycles. The number of aromatic nitrogens is 3. The number of fused-ring (bicyclic) bond motifs is 2. The Labute approximate surface area is 189 Å². The molecule has 1 aliphatic heterocycles. The molecule has 2 N–H and O–H groups in total. The zero-order chi connectivity index (χ0) is 22.4. The third-order valence-electron chi connectivity index (χ3n) is 5.99. The number of hydrogen-bond acceptors (Lipinski definition) is 8. The number of benzene rings is 1. The number of carbonyl (C=O) groups excluding carboxylic acids is 1. The Morgan fingerprint density at radius 1 is 1.15 bits per heavy atom. The molecular formula is C24H23N5O4. The van der Waals surface area contributed by atoms with E-state index in [0.29, 0.717) is 41.2 Å². The molecule has 0 spiro atoms. The van der Waals surface area contributed by atoms with Crippen molar-refractivity contribution in [3.05, 3.63) is 36.7 Å². The van der Waals surface area contributed by atoms with Gasteiger partial charge in [-0.15, -0.1) is 0 Å². The van der Waals surface area contributed by atoms with E-state index < -0.39 is 0 Å². The van der Waals surface area contributed by atoms with E-state index in [1.54, 1.807) is 19.4 Å². The molecule has 9 heteroatoms. The highest BCUT2D eigenvalue weighted by Gasteiger charge is 2.30. The summed E-state index contributed by atoms with van der Waals surface area (Å²) in [5.74, 6) is 2.93. The van der Waals surface area contributed by atoms with Gasteiger partial charge in [0.05, 0.1) is 25.4 Å². The predicted octanol–water partition coefficient (Wildman–Crippen LogP) is 3.85.